The number of aliphatic hydroxyl groups excluding tert-OH is 1. The van der Waals surface area contributed by atoms with Crippen LogP contribution in [0.4, 0.5) is 13.2 Å². The summed E-state index contributed by atoms with van der Waals surface area (Å²) >= 11 is 0. The van der Waals surface area contributed by atoms with Crippen LogP contribution in [0, 0.1) is 0 Å². The molecule has 3 aromatic rings. The topological polar surface area (TPSA) is 92.1 Å². The minimum absolute atomic E-state index is 0.135. The normalized spacial score (nSPS) is 12.0. The molecule has 1 heterocycles. The lowest BCUT2D eigenvalue weighted by Gasteiger charge is -2.23. The van der Waals surface area contributed by atoms with E-state index in [-0.39, 0.29) is 12.4 Å². The first kappa shape index (κ1) is 30.9. The van der Waals surface area contributed by atoms with E-state index in [1.54, 1.807) is 24.3 Å². The molecule has 2 N–H and O–H groups in total. The van der Waals surface area contributed by atoms with E-state index in [0.717, 1.165) is 28.8 Å². The number of carboxylic acid groups (broad SMARTS) is 1. The number of ether oxygens (including phenoxy) is 2. The summed E-state index contributed by atoms with van der Waals surface area (Å²) < 4.78 is 47.1. The number of hydrogen-bond donors (Lipinski definition) is 2. The van der Waals surface area contributed by atoms with E-state index in [0.29, 0.717) is 44.6 Å². The lowest BCUT2D eigenvalue weighted by molar-refractivity contribution is -0.274. The standard InChI is InChI=1S/C30H35F3N2O5/c1-29(2,28(37)38)39-26-11-6-22(7-12-26)15-17-35(18-16-25-10-5-23(20-34-25)4-3-19-36)21-24-8-13-27(14-9-24)40-30(31,32)33/h5-14,20,36H,3-4,15-19,21H2,1-2H3,(H,37,38). The molecular weight excluding hydrogens is 525 g/mol. The minimum atomic E-state index is -4.74. The third-order valence-corrected chi connectivity index (χ3v) is 6.28. The van der Waals surface area contributed by atoms with Gasteiger partial charge in [-0.05, 0) is 80.1 Å². The highest BCUT2D eigenvalue weighted by Gasteiger charge is 2.31. The Bertz CT molecular complexity index is 1200. The van der Waals surface area contributed by atoms with Crippen molar-refractivity contribution in [3.8, 4) is 11.5 Å². The predicted octanol–water partition coefficient (Wildman–Crippen LogP) is 5.43. The number of alkyl halides is 3. The Labute approximate surface area is 232 Å². The van der Waals surface area contributed by atoms with E-state index < -0.39 is 17.9 Å². The van der Waals surface area contributed by atoms with Gasteiger partial charge in [0.25, 0.3) is 0 Å². The van der Waals surface area contributed by atoms with Crippen LogP contribution in [0.1, 0.15) is 42.7 Å². The van der Waals surface area contributed by atoms with Crippen LogP contribution >= 0.6 is 0 Å². The van der Waals surface area contributed by atoms with Gasteiger partial charge in [0.1, 0.15) is 11.5 Å². The van der Waals surface area contributed by atoms with Crippen molar-refractivity contribution in [3.63, 3.8) is 0 Å². The highest BCUT2D eigenvalue weighted by atomic mass is 19.4. The largest absolute Gasteiger partial charge is 0.573 e. The SMILES string of the molecule is CC(C)(Oc1ccc(CCN(CCc2ccc(CCCO)cn2)Cc2ccc(OC(F)(F)F)cc2)cc1)C(=O)O. The van der Waals surface area contributed by atoms with Crippen LogP contribution in [0.3, 0.4) is 0 Å². The van der Waals surface area contributed by atoms with E-state index in [4.69, 9.17) is 9.84 Å². The molecule has 7 nitrogen and oxygen atoms in total. The maximum atomic E-state index is 12.5. The zero-order valence-electron chi connectivity index (χ0n) is 22.7. The van der Waals surface area contributed by atoms with Crippen LogP contribution < -0.4 is 9.47 Å². The zero-order chi connectivity index (χ0) is 29.2. The number of carbonyl (C=O) groups is 1. The van der Waals surface area contributed by atoms with Crippen molar-refractivity contribution in [2.24, 2.45) is 0 Å². The first-order valence-electron chi connectivity index (χ1n) is 13.1. The van der Waals surface area contributed by atoms with Gasteiger partial charge in [-0.15, -0.1) is 13.2 Å². The van der Waals surface area contributed by atoms with Crippen molar-refractivity contribution >= 4 is 5.97 Å². The zero-order valence-corrected chi connectivity index (χ0v) is 22.7. The number of pyridine rings is 1. The number of aliphatic carboxylic acids is 1. The van der Waals surface area contributed by atoms with Gasteiger partial charge in [0.2, 0.25) is 0 Å². The number of aryl methyl sites for hydroxylation is 1. The van der Waals surface area contributed by atoms with Crippen LogP contribution in [0.15, 0.2) is 66.9 Å². The molecule has 10 heteroatoms. The first-order valence-corrected chi connectivity index (χ1v) is 13.1. The second-order valence-corrected chi connectivity index (χ2v) is 10.0. The highest BCUT2D eigenvalue weighted by molar-refractivity contribution is 5.76. The fourth-order valence-corrected chi connectivity index (χ4v) is 3.98. The van der Waals surface area contributed by atoms with Gasteiger partial charge in [-0.2, -0.15) is 0 Å². The molecule has 0 aliphatic heterocycles. The number of benzene rings is 2. The second-order valence-electron chi connectivity index (χ2n) is 10.0. The Morgan fingerprint density at radius 2 is 1.40 bits per heavy atom. The van der Waals surface area contributed by atoms with Gasteiger partial charge in [-0.3, -0.25) is 9.88 Å². The highest BCUT2D eigenvalue weighted by Crippen LogP contribution is 2.24. The molecule has 40 heavy (non-hydrogen) atoms. The molecule has 216 valence electrons. The number of aromatic nitrogens is 1. The van der Waals surface area contributed by atoms with Gasteiger partial charge in [-0.25, -0.2) is 4.79 Å². The second kappa shape index (κ2) is 14.1. The number of nitrogens with zero attached hydrogens (tertiary/aromatic N) is 2. The van der Waals surface area contributed by atoms with Crippen molar-refractivity contribution < 1.29 is 37.7 Å². The molecular formula is C30H35F3N2O5. The molecule has 0 bridgehead atoms. The molecule has 0 fully saturated rings. The Balaban J connectivity index is 1.65. The monoisotopic (exact) mass is 560 g/mol. The number of halogens is 3. The summed E-state index contributed by atoms with van der Waals surface area (Å²) in [7, 11) is 0. The summed E-state index contributed by atoms with van der Waals surface area (Å²) in [6.45, 7) is 4.99. The molecule has 0 saturated carbocycles. The molecule has 0 aliphatic rings. The average molecular weight is 561 g/mol. The summed E-state index contributed by atoms with van der Waals surface area (Å²) in [5, 5.41) is 18.3. The molecule has 0 atom stereocenters. The molecule has 0 saturated heterocycles. The molecule has 2 aromatic carbocycles. The summed E-state index contributed by atoms with van der Waals surface area (Å²) in [5.74, 6) is -0.858. The quantitative estimate of drug-likeness (QED) is 0.256. The third-order valence-electron chi connectivity index (χ3n) is 6.28. The summed E-state index contributed by atoms with van der Waals surface area (Å²) in [6.07, 6.45) is -0.0756. The van der Waals surface area contributed by atoms with Crippen molar-refractivity contribution in [3.05, 3.63) is 89.2 Å². The van der Waals surface area contributed by atoms with Crippen molar-refractivity contribution in [1.29, 1.82) is 0 Å². The maximum Gasteiger partial charge on any atom is 0.573 e. The van der Waals surface area contributed by atoms with Gasteiger partial charge < -0.3 is 19.7 Å². The fourth-order valence-electron chi connectivity index (χ4n) is 3.98. The Hall–Kier alpha value is -3.63. The molecule has 1 aromatic heterocycles. The van der Waals surface area contributed by atoms with Crippen LogP contribution in [0.5, 0.6) is 11.5 Å². The molecule has 0 unspecified atom stereocenters. The number of hydrogen-bond acceptors (Lipinski definition) is 6. The van der Waals surface area contributed by atoms with Crippen molar-refractivity contribution in [1.82, 2.24) is 9.88 Å². The number of rotatable bonds is 15. The minimum Gasteiger partial charge on any atom is -0.478 e. The van der Waals surface area contributed by atoms with Gasteiger partial charge in [0.05, 0.1) is 0 Å². The van der Waals surface area contributed by atoms with Gasteiger partial charge in [0, 0.05) is 44.6 Å². The Morgan fingerprint density at radius 1 is 0.825 bits per heavy atom. The lowest BCUT2D eigenvalue weighted by atomic mass is 10.1. The summed E-state index contributed by atoms with van der Waals surface area (Å²) in [6, 6.07) is 17.1. The smallest absolute Gasteiger partial charge is 0.478 e. The molecule has 0 aliphatic carbocycles. The predicted molar refractivity (Wildman–Crippen MR) is 144 cm³/mol. The van der Waals surface area contributed by atoms with Crippen LogP contribution in [-0.4, -0.2) is 57.7 Å². The van der Waals surface area contributed by atoms with E-state index >= 15 is 0 Å². The third kappa shape index (κ3) is 10.5. The Morgan fingerprint density at radius 3 is 1.95 bits per heavy atom. The molecule has 3 rings (SSSR count). The van der Waals surface area contributed by atoms with Crippen molar-refractivity contribution in [2.75, 3.05) is 19.7 Å². The van der Waals surface area contributed by atoms with E-state index in [2.05, 4.69) is 14.6 Å². The lowest BCUT2D eigenvalue weighted by Crippen LogP contribution is -2.37. The van der Waals surface area contributed by atoms with Gasteiger partial charge in [-0.1, -0.05) is 30.3 Å². The molecule has 0 radical (unpaired) electrons. The number of carboxylic acids is 1. The van der Waals surface area contributed by atoms with E-state index in [9.17, 15) is 23.1 Å². The fraction of sp³-hybridized carbons (Fsp3) is 0.400. The average Bonchev–Trinajstić information content (AvgIpc) is 2.90. The summed E-state index contributed by atoms with van der Waals surface area (Å²) in [4.78, 5) is 18.1. The summed E-state index contributed by atoms with van der Waals surface area (Å²) in [5.41, 5.74) is 2.53. The molecule has 0 spiro atoms. The number of aliphatic hydroxyl groups is 1. The first-order chi connectivity index (χ1) is 18.9. The maximum absolute atomic E-state index is 12.5. The Kier molecular flexibility index (Phi) is 10.9. The van der Waals surface area contributed by atoms with Gasteiger partial charge in [0.15, 0.2) is 5.60 Å². The molecule has 0 amide bonds. The van der Waals surface area contributed by atoms with Crippen molar-refractivity contribution in [2.45, 2.75) is 58.0 Å². The van der Waals surface area contributed by atoms with Crippen LogP contribution in [0.25, 0.3) is 0 Å². The van der Waals surface area contributed by atoms with Crippen LogP contribution in [-0.2, 0) is 30.6 Å². The van der Waals surface area contributed by atoms with Crippen LogP contribution in [0.2, 0.25) is 0 Å². The van der Waals surface area contributed by atoms with E-state index in [1.807, 2.05) is 30.5 Å². The van der Waals surface area contributed by atoms with E-state index in [1.165, 1.54) is 26.0 Å². The van der Waals surface area contributed by atoms with Gasteiger partial charge >= 0.3 is 12.3 Å².